The van der Waals surface area contributed by atoms with Crippen molar-refractivity contribution >= 4 is 11.8 Å². The molecule has 2 fully saturated rings. The van der Waals surface area contributed by atoms with E-state index in [9.17, 15) is 9.59 Å². The van der Waals surface area contributed by atoms with Crippen molar-refractivity contribution in [3.8, 4) is 0 Å². The van der Waals surface area contributed by atoms with Gasteiger partial charge < -0.3 is 11.1 Å². The van der Waals surface area contributed by atoms with E-state index in [1.54, 1.807) is 0 Å². The summed E-state index contributed by atoms with van der Waals surface area (Å²) in [5.74, 6) is -0.284. The molecular formula is C20H31N5O2. The van der Waals surface area contributed by atoms with Crippen LogP contribution in [0.1, 0.15) is 37.7 Å². The highest BCUT2D eigenvalue weighted by molar-refractivity contribution is 5.80. The predicted molar refractivity (Wildman–Crippen MR) is 104 cm³/mol. The molecule has 3 rings (SSSR count). The molecule has 2 saturated heterocycles. The van der Waals surface area contributed by atoms with Crippen LogP contribution >= 0.6 is 0 Å². The molecule has 3 heterocycles. The predicted octanol–water partition coefficient (Wildman–Crippen LogP) is 0.750. The molecule has 0 aromatic carbocycles. The van der Waals surface area contributed by atoms with E-state index in [0.29, 0.717) is 12.6 Å². The minimum Gasteiger partial charge on any atom is -0.370 e. The number of hydrogen-bond acceptors (Lipinski definition) is 5. The number of nitrogens with two attached hydrogens (primary N) is 1. The van der Waals surface area contributed by atoms with Crippen molar-refractivity contribution in [3.63, 3.8) is 0 Å². The average molecular weight is 374 g/mol. The topological polar surface area (TPSA) is 91.6 Å². The summed E-state index contributed by atoms with van der Waals surface area (Å²) in [6, 6.07) is 4.69. The van der Waals surface area contributed by atoms with Gasteiger partial charge in [0.1, 0.15) is 0 Å². The van der Waals surface area contributed by atoms with Crippen LogP contribution in [0.4, 0.5) is 0 Å². The molecule has 27 heavy (non-hydrogen) atoms. The Hall–Kier alpha value is -1.99. The lowest BCUT2D eigenvalue weighted by molar-refractivity contribution is -0.127. The SMILES string of the molecule is NC(=O)CCNC(=O)C1CCCN(C2CCN(Cc3cccnc3)CC2)C1. The van der Waals surface area contributed by atoms with Gasteiger partial charge in [-0.05, 0) is 56.9 Å². The number of carbonyl (C=O) groups is 2. The summed E-state index contributed by atoms with van der Waals surface area (Å²) in [5.41, 5.74) is 6.40. The largest absolute Gasteiger partial charge is 0.370 e. The van der Waals surface area contributed by atoms with Gasteiger partial charge in [-0.15, -0.1) is 0 Å². The van der Waals surface area contributed by atoms with Crippen LogP contribution in [0.15, 0.2) is 24.5 Å². The van der Waals surface area contributed by atoms with Gasteiger partial charge in [0.25, 0.3) is 0 Å². The standard InChI is InChI=1S/C20H31N5O2/c21-19(26)5-9-23-20(27)17-4-2-10-25(15-17)18-6-11-24(12-7-18)14-16-3-1-8-22-13-16/h1,3,8,13,17-18H,2,4-7,9-12,14-15H2,(H2,21,26)(H,23,27). The van der Waals surface area contributed by atoms with E-state index in [1.165, 1.54) is 5.56 Å². The Balaban J connectivity index is 1.42. The lowest BCUT2D eigenvalue weighted by Gasteiger charge is -2.42. The van der Waals surface area contributed by atoms with E-state index in [-0.39, 0.29) is 24.2 Å². The van der Waals surface area contributed by atoms with Crippen LogP contribution in [-0.2, 0) is 16.1 Å². The minimum atomic E-state index is -0.376. The second-order valence-electron chi connectivity index (χ2n) is 7.71. The maximum Gasteiger partial charge on any atom is 0.224 e. The number of hydrogen-bond donors (Lipinski definition) is 2. The zero-order valence-corrected chi connectivity index (χ0v) is 16.0. The van der Waals surface area contributed by atoms with Crippen molar-refractivity contribution in [2.24, 2.45) is 11.7 Å². The lowest BCUT2D eigenvalue weighted by atomic mass is 9.93. The molecule has 0 radical (unpaired) electrons. The van der Waals surface area contributed by atoms with E-state index in [0.717, 1.165) is 58.4 Å². The van der Waals surface area contributed by atoms with Crippen LogP contribution in [-0.4, -0.2) is 65.4 Å². The molecule has 0 aliphatic carbocycles. The monoisotopic (exact) mass is 373 g/mol. The third-order valence-corrected chi connectivity index (χ3v) is 5.70. The van der Waals surface area contributed by atoms with Gasteiger partial charge in [-0.2, -0.15) is 0 Å². The highest BCUT2D eigenvalue weighted by atomic mass is 16.2. The zero-order chi connectivity index (χ0) is 19.1. The fourth-order valence-corrected chi connectivity index (χ4v) is 4.20. The van der Waals surface area contributed by atoms with Gasteiger partial charge in [-0.25, -0.2) is 0 Å². The Bertz CT molecular complexity index is 616. The molecule has 0 spiro atoms. The number of piperidine rings is 2. The number of nitrogens with one attached hydrogen (secondary N) is 1. The van der Waals surface area contributed by atoms with Gasteiger partial charge >= 0.3 is 0 Å². The van der Waals surface area contributed by atoms with Gasteiger partial charge in [0.2, 0.25) is 11.8 Å². The minimum absolute atomic E-state index is 0.0278. The molecular weight excluding hydrogens is 342 g/mol. The molecule has 7 nitrogen and oxygen atoms in total. The number of primary amides is 1. The summed E-state index contributed by atoms with van der Waals surface area (Å²) in [5, 5.41) is 2.86. The van der Waals surface area contributed by atoms with Gasteiger partial charge in [0.05, 0.1) is 5.92 Å². The third kappa shape index (κ3) is 6.01. The first-order valence-corrected chi connectivity index (χ1v) is 10.0. The van der Waals surface area contributed by atoms with Gasteiger partial charge in [0.15, 0.2) is 0 Å². The Morgan fingerprint density at radius 3 is 2.74 bits per heavy atom. The molecule has 148 valence electrons. The van der Waals surface area contributed by atoms with Crippen LogP contribution in [0.25, 0.3) is 0 Å². The van der Waals surface area contributed by atoms with Crippen LogP contribution in [0, 0.1) is 5.92 Å². The van der Waals surface area contributed by atoms with E-state index < -0.39 is 0 Å². The van der Waals surface area contributed by atoms with Gasteiger partial charge in [-0.1, -0.05) is 6.07 Å². The number of nitrogens with zero attached hydrogens (tertiary/aromatic N) is 3. The maximum absolute atomic E-state index is 12.4. The Labute approximate surface area is 161 Å². The highest BCUT2D eigenvalue weighted by Gasteiger charge is 2.31. The first-order valence-electron chi connectivity index (χ1n) is 10.0. The fraction of sp³-hybridized carbons (Fsp3) is 0.650. The third-order valence-electron chi connectivity index (χ3n) is 5.70. The maximum atomic E-state index is 12.4. The molecule has 0 saturated carbocycles. The first kappa shape index (κ1) is 19.8. The van der Waals surface area contributed by atoms with E-state index in [2.05, 4.69) is 26.2 Å². The summed E-state index contributed by atoms with van der Waals surface area (Å²) in [6.07, 6.45) is 8.25. The summed E-state index contributed by atoms with van der Waals surface area (Å²) >= 11 is 0. The molecule has 7 heteroatoms. The summed E-state index contributed by atoms with van der Waals surface area (Å²) in [7, 11) is 0. The van der Waals surface area contributed by atoms with E-state index >= 15 is 0 Å². The summed E-state index contributed by atoms with van der Waals surface area (Å²) in [6.45, 7) is 5.40. The number of likely N-dealkylation sites (tertiary alicyclic amines) is 2. The summed E-state index contributed by atoms with van der Waals surface area (Å²) in [4.78, 5) is 32.4. The van der Waals surface area contributed by atoms with Gasteiger partial charge in [0, 0.05) is 44.5 Å². The normalized spacial score (nSPS) is 22.4. The average Bonchev–Trinajstić information content (AvgIpc) is 2.69. The number of rotatable bonds is 7. The van der Waals surface area contributed by atoms with E-state index in [4.69, 9.17) is 5.73 Å². The molecule has 2 amide bonds. The Morgan fingerprint density at radius 2 is 2.04 bits per heavy atom. The van der Waals surface area contributed by atoms with Crippen LogP contribution < -0.4 is 11.1 Å². The summed E-state index contributed by atoms with van der Waals surface area (Å²) < 4.78 is 0. The molecule has 2 aliphatic rings. The van der Waals surface area contributed by atoms with Crippen molar-refractivity contribution in [2.75, 3.05) is 32.7 Å². The highest BCUT2D eigenvalue weighted by Crippen LogP contribution is 2.24. The van der Waals surface area contributed by atoms with E-state index in [1.807, 2.05) is 18.5 Å². The lowest BCUT2D eigenvalue weighted by Crippen LogP contribution is -2.50. The number of pyridine rings is 1. The zero-order valence-electron chi connectivity index (χ0n) is 16.0. The van der Waals surface area contributed by atoms with Crippen LogP contribution in [0.3, 0.4) is 0 Å². The quantitative estimate of drug-likeness (QED) is 0.736. The number of aromatic nitrogens is 1. The van der Waals surface area contributed by atoms with Crippen molar-refractivity contribution in [2.45, 2.75) is 44.7 Å². The molecule has 1 atom stereocenters. The van der Waals surface area contributed by atoms with Crippen molar-refractivity contribution < 1.29 is 9.59 Å². The smallest absolute Gasteiger partial charge is 0.224 e. The van der Waals surface area contributed by atoms with Crippen LogP contribution in [0.5, 0.6) is 0 Å². The Kier molecular flexibility index (Phi) is 7.18. The first-order chi connectivity index (χ1) is 13.1. The fourth-order valence-electron chi connectivity index (χ4n) is 4.20. The number of amides is 2. The number of carbonyl (C=O) groups excluding carboxylic acids is 2. The van der Waals surface area contributed by atoms with Crippen molar-refractivity contribution in [3.05, 3.63) is 30.1 Å². The van der Waals surface area contributed by atoms with Crippen molar-refractivity contribution in [1.29, 1.82) is 0 Å². The molecule has 1 unspecified atom stereocenters. The molecule has 0 bridgehead atoms. The molecule has 1 aromatic heterocycles. The van der Waals surface area contributed by atoms with Gasteiger partial charge in [-0.3, -0.25) is 24.4 Å². The second-order valence-corrected chi connectivity index (χ2v) is 7.71. The van der Waals surface area contributed by atoms with Crippen LogP contribution in [0.2, 0.25) is 0 Å². The van der Waals surface area contributed by atoms with Crippen molar-refractivity contribution in [1.82, 2.24) is 20.1 Å². The molecule has 2 aliphatic heterocycles. The molecule has 3 N–H and O–H groups in total. The Morgan fingerprint density at radius 1 is 1.22 bits per heavy atom. The second kappa shape index (κ2) is 9.80. The molecule has 1 aromatic rings.